The summed E-state index contributed by atoms with van der Waals surface area (Å²) in [4.78, 5) is 49.1. The fourth-order valence-corrected chi connectivity index (χ4v) is 3.68. The molecule has 0 radical (unpaired) electrons. The third-order valence-electron chi connectivity index (χ3n) is 5.00. The first-order chi connectivity index (χ1) is 13.5. The van der Waals surface area contributed by atoms with E-state index in [1.807, 2.05) is 12.1 Å². The number of fused-ring (bicyclic) bond motifs is 1. The lowest BCUT2D eigenvalue weighted by Crippen LogP contribution is -2.70. The van der Waals surface area contributed by atoms with Crippen LogP contribution in [-0.4, -0.2) is 69.2 Å². The van der Waals surface area contributed by atoms with E-state index < -0.39 is 12.1 Å². The van der Waals surface area contributed by atoms with Gasteiger partial charge >= 0.3 is 0 Å². The summed E-state index contributed by atoms with van der Waals surface area (Å²) in [6.07, 6.45) is 4.72. The summed E-state index contributed by atoms with van der Waals surface area (Å²) in [7, 11) is 0. The molecular weight excluding hydrogens is 382 g/mol. The lowest BCUT2D eigenvalue weighted by atomic mass is 9.98. The third-order valence-corrected chi connectivity index (χ3v) is 5.26. The molecule has 1 N–H and O–H groups in total. The van der Waals surface area contributed by atoms with Crippen molar-refractivity contribution in [2.45, 2.75) is 18.5 Å². The van der Waals surface area contributed by atoms with Gasteiger partial charge in [-0.15, -0.1) is 0 Å². The number of nitrogens with one attached hydrogen (secondary N) is 1. The number of amides is 3. The lowest BCUT2D eigenvalue weighted by molar-refractivity contribution is -0.152. The molecule has 144 valence electrons. The Bertz CT molecular complexity index is 906. The molecule has 2 fully saturated rings. The van der Waals surface area contributed by atoms with E-state index in [4.69, 9.17) is 11.6 Å². The van der Waals surface area contributed by atoms with Gasteiger partial charge in [-0.3, -0.25) is 19.4 Å². The van der Waals surface area contributed by atoms with Crippen LogP contribution in [0, 0.1) is 0 Å². The predicted octanol–water partition coefficient (Wildman–Crippen LogP) is 0.524. The molecule has 3 amide bonds. The van der Waals surface area contributed by atoms with Crippen LogP contribution in [0.5, 0.6) is 0 Å². The van der Waals surface area contributed by atoms with Gasteiger partial charge in [0.05, 0.1) is 12.7 Å². The van der Waals surface area contributed by atoms with E-state index in [1.165, 1.54) is 23.5 Å². The van der Waals surface area contributed by atoms with Crippen LogP contribution in [-0.2, 0) is 16.0 Å². The second-order valence-electron chi connectivity index (χ2n) is 6.78. The Labute approximate surface area is 166 Å². The number of rotatable bonds is 3. The molecule has 2 aromatic rings. The minimum Gasteiger partial charge on any atom is -0.342 e. The van der Waals surface area contributed by atoms with E-state index in [1.54, 1.807) is 17.0 Å². The lowest BCUT2D eigenvalue weighted by Gasteiger charge is -2.45. The number of carbonyl (C=O) groups is 3. The van der Waals surface area contributed by atoms with Crippen molar-refractivity contribution in [3.8, 4) is 0 Å². The van der Waals surface area contributed by atoms with Crippen LogP contribution >= 0.6 is 11.6 Å². The molecule has 2 atom stereocenters. The molecule has 0 saturated carbocycles. The second kappa shape index (κ2) is 7.55. The SMILES string of the molecule is O=C1N[C@H](Cc2ccc(Cl)cc2)C(=O)N2CCN(C(=O)c3cnccn3)C[C@@H]12. The number of benzene rings is 1. The molecule has 1 aromatic heterocycles. The molecule has 0 unspecified atom stereocenters. The van der Waals surface area contributed by atoms with Gasteiger partial charge in [0.15, 0.2) is 0 Å². The highest BCUT2D eigenvalue weighted by atomic mass is 35.5. The molecule has 2 aliphatic rings. The Balaban J connectivity index is 1.45. The number of aromatic nitrogens is 2. The molecule has 0 bridgehead atoms. The fraction of sp³-hybridized carbons (Fsp3) is 0.316. The number of halogens is 1. The summed E-state index contributed by atoms with van der Waals surface area (Å²) in [6.45, 7) is 0.791. The van der Waals surface area contributed by atoms with E-state index >= 15 is 0 Å². The highest BCUT2D eigenvalue weighted by molar-refractivity contribution is 6.30. The van der Waals surface area contributed by atoms with E-state index in [2.05, 4.69) is 15.3 Å². The first-order valence-corrected chi connectivity index (χ1v) is 9.31. The number of piperazine rings is 2. The molecule has 0 aliphatic carbocycles. The normalized spacial score (nSPS) is 21.9. The van der Waals surface area contributed by atoms with Gasteiger partial charge in [-0.25, -0.2) is 4.98 Å². The van der Waals surface area contributed by atoms with Crippen molar-refractivity contribution in [3.63, 3.8) is 0 Å². The van der Waals surface area contributed by atoms with E-state index in [-0.39, 0.29) is 30.0 Å². The Kier molecular flexibility index (Phi) is 4.95. The van der Waals surface area contributed by atoms with Gasteiger partial charge in [-0.1, -0.05) is 23.7 Å². The Hall–Kier alpha value is -3.00. The van der Waals surface area contributed by atoms with Crippen molar-refractivity contribution in [1.29, 1.82) is 0 Å². The van der Waals surface area contributed by atoms with E-state index in [0.29, 0.717) is 24.5 Å². The second-order valence-corrected chi connectivity index (χ2v) is 7.22. The number of hydrogen-bond donors (Lipinski definition) is 1. The summed E-state index contributed by atoms with van der Waals surface area (Å²) in [5.41, 5.74) is 1.14. The van der Waals surface area contributed by atoms with Crippen LogP contribution in [0.1, 0.15) is 16.1 Å². The minimum atomic E-state index is -0.691. The third kappa shape index (κ3) is 3.55. The molecule has 28 heavy (non-hydrogen) atoms. The summed E-state index contributed by atoms with van der Waals surface area (Å²) in [6, 6.07) is 5.88. The van der Waals surface area contributed by atoms with Gasteiger partial charge in [0, 0.05) is 36.9 Å². The zero-order chi connectivity index (χ0) is 19.7. The molecule has 3 heterocycles. The Morgan fingerprint density at radius 1 is 1.18 bits per heavy atom. The maximum absolute atomic E-state index is 12.9. The first kappa shape index (κ1) is 18.4. The summed E-state index contributed by atoms with van der Waals surface area (Å²) in [5, 5.41) is 3.42. The molecule has 2 aliphatic heterocycles. The van der Waals surface area contributed by atoms with Crippen molar-refractivity contribution in [3.05, 3.63) is 59.1 Å². The van der Waals surface area contributed by atoms with Crippen LogP contribution in [0.3, 0.4) is 0 Å². The van der Waals surface area contributed by atoms with Crippen molar-refractivity contribution >= 4 is 29.3 Å². The highest BCUT2D eigenvalue weighted by Gasteiger charge is 2.44. The van der Waals surface area contributed by atoms with Gasteiger partial charge in [0.2, 0.25) is 11.8 Å². The van der Waals surface area contributed by atoms with Crippen LogP contribution in [0.2, 0.25) is 5.02 Å². The molecular formula is C19H18ClN5O3. The van der Waals surface area contributed by atoms with Crippen molar-refractivity contribution in [2.24, 2.45) is 0 Å². The maximum atomic E-state index is 12.9. The summed E-state index contributed by atoms with van der Waals surface area (Å²) in [5.74, 6) is -0.683. The molecule has 2 saturated heterocycles. The van der Waals surface area contributed by atoms with Crippen LogP contribution in [0.25, 0.3) is 0 Å². The standard InChI is InChI=1S/C19H18ClN5O3/c20-13-3-1-12(2-4-13)9-14-19(28)25-8-7-24(11-16(25)17(26)23-14)18(27)15-10-21-5-6-22-15/h1-6,10,14,16H,7-9,11H2,(H,23,26)/t14-,16+/m1/s1. The first-order valence-electron chi connectivity index (χ1n) is 8.93. The Morgan fingerprint density at radius 3 is 2.68 bits per heavy atom. The van der Waals surface area contributed by atoms with Crippen molar-refractivity contribution in [1.82, 2.24) is 25.1 Å². The van der Waals surface area contributed by atoms with Gasteiger partial charge in [0.25, 0.3) is 5.91 Å². The summed E-state index contributed by atoms with van der Waals surface area (Å²) < 4.78 is 0. The largest absolute Gasteiger partial charge is 0.342 e. The Morgan fingerprint density at radius 2 is 1.96 bits per heavy atom. The van der Waals surface area contributed by atoms with E-state index in [9.17, 15) is 14.4 Å². The quantitative estimate of drug-likeness (QED) is 0.812. The summed E-state index contributed by atoms with van der Waals surface area (Å²) >= 11 is 5.90. The van der Waals surface area contributed by atoms with E-state index in [0.717, 1.165) is 5.56 Å². The molecule has 9 heteroatoms. The number of nitrogens with zero attached hydrogens (tertiary/aromatic N) is 4. The van der Waals surface area contributed by atoms with Crippen LogP contribution < -0.4 is 5.32 Å². The number of carbonyl (C=O) groups excluding carboxylic acids is 3. The fourth-order valence-electron chi connectivity index (χ4n) is 3.55. The molecule has 0 spiro atoms. The average Bonchev–Trinajstić information content (AvgIpc) is 2.73. The zero-order valence-corrected chi connectivity index (χ0v) is 15.7. The molecule has 8 nitrogen and oxygen atoms in total. The van der Waals surface area contributed by atoms with Crippen molar-refractivity contribution in [2.75, 3.05) is 19.6 Å². The van der Waals surface area contributed by atoms with Gasteiger partial charge in [-0.05, 0) is 17.7 Å². The highest BCUT2D eigenvalue weighted by Crippen LogP contribution is 2.20. The van der Waals surface area contributed by atoms with Gasteiger partial charge < -0.3 is 15.1 Å². The average molecular weight is 400 g/mol. The molecule has 4 rings (SSSR count). The maximum Gasteiger partial charge on any atom is 0.274 e. The smallest absolute Gasteiger partial charge is 0.274 e. The van der Waals surface area contributed by atoms with Crippen LogP contribution in [0.4, 0.5) is 0 Å². The zero-order valence-electron chi connectivity index (χ0n) is 14.9. The van der Waals surface area contributed by atoms with Gasteiger partial charge in [0.1, 0.15) is 17.8 Å². The number of hydrogen-bond acceptors (Lipinski definition) is 5. The van der Waals surface area contributed by atoms with Crippen molar-refractivity contribution < 1.29 is 14.4 Å². The molecule has 1 aromatic carbocycles. The van der Waals surface area contributed by atoms with Crippen LogP contribution in [0.15, 0.2) is 42.9 Å². The van der Waals surface area contributed by atoms with Gasteiger partial charge in [-0.2, -0.15) is 0 Å². The minimum absolute atomic E-state index is 0.133. The topological polar surface area (TPSA) is 95.5 Å². The monoisotopic (exact) mass is 399 g/mol. The predicted molar refractivity (Wildman–Crippen MR) is 101 cm³/mol.